The molecule has 11 rings (SSSR count). The van der Waals surface area contributed by atoms with Gasteiger partial charge in [0.25, 0.3) is 0 Å². The number of fused-ring (bicyclic) bond motifs is 10. The monoisotopic (exact) mass is 684 g/mol. The quantitative estimate of drug-likeness (QED) is 0.136. The van der Waals surface area contributed by atoms with Gasteiger partial charge in [-0.05, 0) is 100 Å². The minimum atomic E-state index is 0.707. The summed E-state index contributed by atoms with van der Waals surface area (Å²) >= 11 is 0. The summed E-state index contributed by atoms with van der Waals surface area (Å²) in [6.45, 7) is 0. The van der Waals surface area contributed by atoms with Crippen LogP contribution >= 0.6 is 0 Å². The summed E-state index contributed by atoms with van der Waals surface area (Å²) < 4.78 is 0. The standard InChI is InChI=1S/C52H32N2/c1-2-14-34(15-3-1)52-53-49(32-50(54-52)37-26-27-45-43-23-9-8-21-41(43)42-22-10-11-24-44(42)48(45)31-37)36-17-12-18-38(29-36)51-40-20-7-5-16-35(40)30-47-39-19-6-4-13-33(39)25-28-46(47)51/h1-32H. The van der Waals surface area contributed by atoms with Crippen LogP contribution in [-0.2, 0) is 0 Å². The van der Waals surface area contributed by atoms with Gasteiger partial charge in [-0.3, -0.25) is 0 Å². The Morgan fingerprint density at radius 1 is 0.241 bits per heavy atom. The van der Waals surface area contributed by atoms with Gasteiger partial charge in [0.15, 0.2) is 5.82 Å². The lowest BCUT2D eigenvalue weighted by atomic mass is 9.89. The zero-order valence-corrected chi connectivity index (χ0v) is 29.4. The number of aromatic nitrogens is 2. The van der Waals surface area contributed by atoms with Crippen LogP contribution < -0.4 is 0 Å². The van der Waals surface area contributed by atoms with Gasteiger partial charge in [-0.15, -0.1) is 0 Å². The molecule has 0 spiro atoms. The van der Waals surface area contributed by atoms with E-state index in [2.05, 4.69) is 176 Å². The zero-order valence-electron chi connectivity index (χ0n) is 29.4. The molecule has 0 unspecified atom stereocenters. The molecule has 250 valence electrons. The van der Waals surface area contributed by atoms with Crippen LogP contribution in [0.25, 0.3) is 110 Å². The third-order valence-corrected chi connectivity index (χ3v) is 11.0. The van der Waals surface area contributed by atoms with E-state index in [0.29, 0.717) is 5.82 Å². The third kappa shape index (κ3) is 4.88. The van der Waals surface area contributed by atoms with Crippen LogP contribution in [0.2, 0.25) is 0 Å². The molecule has 0 aliphatic heterocycles. The van der Waals surface area contributed by atoms with Crippen LogP contribution in [-0.4, -0.2) is 9.97 Å². The first-order chi connectivity index (χ1) is 26.8. The smallest absolute Gasteiger partial charge is 0.160 e. The Morgan fingerprint density at radius 2 is 0.741 bits per heavy atom. The minimum absolute atomic E-state index is 0.707. The summed E-state index contributed by atoms with van der Waals surface area (Å²) in [4.78, 5) is 10.5. The second-order valence-corrected chi connectivity index (χ2v) is 14.1. The first-order valence-corrected chi connectivity index (χ1v) is 18.5. The van der Waals surface area contributed by atoms with E-state index in [1.54, 1.807) is 0 Å². The molecule has 2 nitrogen and oxygen atoms in total. The Labute approximate surface area is 312 Å². The Balaban J connectivity index is 1.13. The highest BCUT2D eigenvalue weighted by Gasteiger charge is 2.16. The average molecular weight is 685 g/mol. The van der Waals surface area contributed by atoms with Crippen molar-refractivity contribution in [2.24, 2.45) is 0 Å². The molecule has 1 aromatic heterocycles. The molecular formula is C52H32N2. The van der Waals surface area contributed by atoms with E-state index < -0.39 is 0 Å². The molecule has 2 heteroatoms. The lowest BCUT2D eigenvalue weighted by Gasteiger charge is -2.15. The summed E-state index contributed by atoms with van der Waals surface area (Å²) in [6.07, 6.45) is 0. The van der Waals surface area contributed by atoms with E-state index in [4.69, 9.17) is 9.97 Å². The highest BCUT2D eigenvalue weighted by Crippen LogP contribution is 2.41. The van der Waals surface area contributed by atoms with E-state index in [1.165, 1.54) is 70.2 Å². The second kappa shape index (κ2) is 12.2. The van der Waals surface area contributed by atoms with Crippen LogP contribution in [0.4, 0.5) is 0 Å². The Hall–Kier alpha value is -7.16. The van der Waals surface area contributed by atoms with Gasteiger partial charge in [0.2, 0.25) is 0 Å². The number of hydrogen-bond donors (Lipinski definition) is 0. The fourth-order valence-corrected chi connectivity index (χ4v) is 8.49. The van der Waals surface area contributed by atoms with Gasteiger partial charge >= 0.3 is 0 Å². The normalized spacial score (nSPS) is 11.7. The summed E-state index contributed by atoms with van der Waals surface area (Å²) in [7, 11) is 0. The zero-order chi connectivity index (χ0) is 35.6. The van der Waals surface area contributed by atoms with Crippen LogP contribution in [0.15, 0.2) is 194 Å². The molecule has 0 radical (unpaired) electrons. The lowest BCUT2D eigenvalue weighted by Crippen LogP contribution is -1.96. The first-order valence-electron chi connectivity index (χ1n) is 18.5. The Bertz CT molecular complexity index is 3240. The molecule has 11 aromatic rings. The molecule has 0 saturated heterocycles. The fraction of sp³-hybridized carbons (Fsp3) is 0. The second-order valence-electron chi connectivity index (χ2n) is 14.1. The van der Waals surface area contributed by atoms with Crippen LogP contribution in [0, 0.1) is 0 Å². The third-order valence-electron chi connectivity index (χ3n) is 11.0. The number of rotatable bonds is 4. The van der Waals surface area contributed by atoms with Crippen molar-refractivity contribution in [3.8, 4) is 45.0 Å². The van der Waals surface area contributed by atoms with Crippen molar-refractivity contribution in [1.82, 2.24) is 9.97 Å². The molecule has 0 N–H and O–H groups in total. The molecular weight excluding hydrogens is 653 g/mol. The van der Waals surface area contributed by atoms with Gasteiger partial charge in [-0.2, -0.15) is 0 Å². The molecule has 54 heavy (non-hydrogen) atoms. The average Bonchev–Trinajstić information content (AvgIpc) is 3.25. The van der Waals surface area contributed by atoms with Crippen molar-refractivity contribution in [1.29, 1.82) is 0 Å². The topological polar surface area (TPSA) is 25.8 Å². The highest BCUT2D eigenvalue weighted by atomic mass is 14.9. The maximum absolute atomic E-state index is 5.24. The Morgan fingerprint density at radius 3 is 1.46 bits per heavy atom. The molecule has 0 atom stereocenters. The van der Waals surface area contributed by atoms with Crippen molar-refractivity contribution in [3.63, 3.8) is 0 Å². The van der Waals surface area contributed by atoms with E-state index >= 15 is 0 Å². The first kappa shape index (κ1) is 30.5. The van der Waals surface area contributed by atoms with Crippen LogP contribution in [0.3, 0.4) is 0 Å². The van der Waals surface area contributed by atoms with Gasteiger partial charge in [0, 0.05) is 16.7 Å². The predicted octanol–water partition coefficient (Wildman–Crippen LogP) is 14.1. The molecule has 1 heterocycles. The van der Waals surface area contributed by atoms with E-state index in [1.807, 2.05) is 18.2 Å². The van der Waals surface area contributed by atoms with Gasteiger partial charge in [-0.1, -0.05) is 170 Å². The maximum Gasteiger partial charge on any atom is 0.160 e. The molecule has 0 fully saturated rings. The molecule has 0 saturated carbocycles. The minimum Gasteiger partial charge on any atom is -0.228 e. The van der Waals surface area contributed by atoms with Crippen molar-refractivity contribution < 1.29 is 0 Å². The van der Waals surface area contributed by atoms with Crippen LogP contribution in [0.5, 0.6) is 0 Å². The summed E-state index contributed by atoms with van der Waals surface area (Å²) in [5, 5.41) is 15.0. The van der Waals surface area contributed by atoms with E-state index in [-0.39, 0.29) is 0 Å². The van der Waals surface area contributed by atoms with E-state index in [9.17, 15) is 0 Å². The lowest BCUT2D eigenvalue weighted by molar-refractivity contribution is 1.18. The molecule has 0 amide bonds. The van der Waals surface area contributed by atoms with Crippen molar-refractivity contribution in [2.75, 3.05) is 0 Å². The maximum atomic E-state index is 5.24. The summed E-state index contributed by atoms with van der Waals surface area (Å²) in [5.74, 6) is 0.707. The molecule has 0 bridgehead atoms. The largest absolute Gasteiger partial charge is 0.228 e. The summed E-state index contributed by atoms with van der Waals surface area (Å²) in [5.41, 5.74) is 7.28. The number of benzene rings is 10. The molecule has 10 aromatic carbocycles. The van der Waals surface area contributed by atoms with Gasteiger partial charge in [-0.25, -0.2) is 9.97 Å². The van der Waals surface area contributed by atoms with Crippen molar-refractivity contribution in [2.45, 2.75) is 0 Å². The fourth-order valence-electron chi connectivity index (χ4n) is 8.49. The molecule has 0 aliphatic carbocycles. The van der Waals surface area contributed by atoms with E-state index in [0.717, 1.165) is 33.6 Å². The number of nitrogens with zero attached hydrogens (tertiary/aromatic N) is 2. The van der Waals surface area contributed by atoms with Crippen LogP contribution in [0.1, 0.15) is 0 Å². The summed E-state index contributed by atoms with van der Waals surface area (Å²) in [6, 6.07) is 69.9. The van der Waals surface area contributed by atoms with Crippen molar-refractivity contribution in [3.05, 3.63) is 194 Å². The van der Waals surface area contributed by atoms with Crippen molar-refractivity contribution >= 4 is 64.6 Å². The van der Waals surface area contributed by atoms with Gasteiger partial charge in [0.1, 0.15) is 0 Å². The predicted molar refractivity (Wildman–Crippen MR) is 229 cm³/mol. The highest BCUT2D eigenvalue weighted by molar-refractivity contribution is 6.26. The number of hydrogen-bond acceptors (Lipinski definition) is 2. The van der Waals surface area contributed by atoms with Gasteiger partial charge in [0.05, 0.1) is 11.4 Å². The Kier molecular flexibility index (Phi) is 6.90. The van der Waals surface area contributed by atoms with Gasteiger partial charge < -0.3 is 0 Å². The molecule has 0 aliphatic rings. The SMILES string of the molecule is c1ccc(-c2nc(-c3cccc(-c4c5ccccc5cc5c4ccc4ccccc45)c3)cc(-c3ccc4c5ccccc5c5ccccc5c4c3)n2)cc1.